The predicted octanol–water partition coefficient (Wildman–Crippen LogP) is 1.97. The normalized spacial score (nSPS) is 23.5. The first-order valence-corrected chi connectivity index (χ1v) is 24.8. The summed E-state index contributed by atoms with van der Waals surface area (Å²) >= 11 is 0. The summed E-state index contributed by atoms with van der Waals surface area (Å²) in [6.45, 7) is 8.83. The average molecular weight is 1080 g/mol. The van der Waals surface area contributed by atoms with Gasteiger partial charge in [0.1, 0.15) is 30.7 Å². The molecule has 3 saturated heterocycles. The lowest BCUT2D eigenvalue weighted by Gasteiger charge is -2.38. The fourth-order valence-electron chi connectivity index (χ4n) is 9.51. The van der Waals surface area contributed by atoms with Gasteiger partial charge in [0.05, 0.1) is 87.4 Å². The third kappa shape index (κ3) is 12.3. The van der Waals surface area contributed by atoms with Crippen LogP contribution in [0.25, 0.3) is 0 Å². The summed E-state index contributed by atoms with van der Waals surface area (Å²) in [6, 6.07) is 9.04. The van der Waals surface area contributed by atoms with E-state index >= 15 is 0 Å². The Balaban J connectivity index is 0.955. The monoisotopic (exact) mass is 1070 g/mol. The van der Waals surface area contributed by atoms with Crippen LogP contribution in [0, 0.1) is 0 Å². The molecule has 0 spiro atoms. The molecular formula is C52H62N6O19. The maximum absolute atomic E-state index is 14.4. The van der Waals surface area contributed by atoms with E-state index in [9.17, 15) is 49.5 Å². The molecule has 3 fully saturated rings. The summed E-state index contributed by atoms with van der Waals surface area (Å²) in [6.07, 6.45) is -8.16. The zero-order chi connectivity index (χ0) is 55.1. The van der Waals surface area contributed by atoms with Crippen LogP contribution in [0.1, 0.15) is 68.7 Å². The van der Waals surface area contributed by atoms with E-state index in [1.165, 1.54) is 49.5 Å². The van der Waals surface area contributed by atoms with E-state index in [1.54, 1.807) is 23.2 Å². The number of carbonyl (C=O) groups is 5. The summed E-state index contributed by atoms with van der Waals surface area (Å²) in [4.78, 5) is 80.6. The molecule has 3 aromatic carbocycles. The van der Waals surface area contributed by atoms with Crippen LogP contribution in [0.3, 0.4) is 0 Å². The Bertz CT molecular complexity index is 2770. The Morgan fingerprint density at radius 2 is 1.45 bits per heavy atom. The van der Waals surface area contributed by atoms with Crippen molar-refractivity contribution in [3.05, 3.63) is 89.0 Å². The van der Waals surface area contributed by atoms with Gasteiger partial charge in [-0.2, -0.15) is 0 Å². The van der Waals surface area contributed by atoms with Crippen LogP contribution in [0.5, 0.6) is 28.7 Å². The summed E-state index contributed by atoms with van der Waals surface area (Å²) in [5.74, 6) is 2.88. The molecule has 0 aliphatic carbocycles. The van der Waals surface area contributed by atoms with Gasteiger partial charge in [0.15, 0.2) is 35.3 Å². The minimum absolute atomic E-state index is 0.00369. The zero-order valence-corrected chi connectivity index (χ0v) is 42.4. The number of methoxy groups -OCH3 is 2. The third-order valence-corrected chi connectivity index (χ3v) is 13.5. The third-order valence-electron chi connectivity index (χ3n) is 13.5. The number of nitrogens with zero attached hydrogens (tertiary/aromatic N) is 4. The van der Waals surface area contributed by atoms with Crippen molar-refractivity contribution in [2.45, 2.75) is 87.7 Å². The van der Waals surface area contributed by atoms with Gasteiger partial charge >= 0.3 is 12.1 Å². The number of rotatable bonds is 22. The molecule has 25 nitrogen and oxygen atoms in total. The Morgan fingerprint density at radius 1 is 0.779 bits per heavy atom. The fraction of sp³-hybridized carbons (Fsp3) is 0.462. The highest BCUT2D eigenvalue weighted by Crippen LogP contribution is 2.43. The average Bonchev–Trinajstić information content (AvgIpc) is 3.99. The topological polar surface area (TPSA) is 330 Å². The Morgan fingerprint density at radius 3 is 2.16 bits per heavy atom. The van der Waals surface area contributed by atoms with E-state index in [1.807, 2.05) is 0 Å². The number of carboxylic acids is 1. The standard InChI is InChI=1S/C52H62N6O19/c1-27-16-30-23-55-34-21-40(38(69-3)19-31(34)47(63)56(30)24-27)72-11-6-5-7-12-73-41-22-35-32(20-39(41)70-4)48(64)57-25-28(2)17-36(57)49(65)58(35)52(68)74-26-29-8-9-37(33(18-29)46(62)54-10-13-71-14-15-75-53)76-51-44(61)42(59)43(60)45(77-51)50(66)67/h8-9,18-23,30,36,42-45,49,51,59-61,65H,1-2,5-7,10-17,24-26,53H2,3-4H3,(H,54,62)(H,66,67)/t30-,36-,42-,43-,44+,45-,49?,51+/m0/s1. The molecule has 8 atom stereocenters. The first kappa shape index (κ1) is 55.9. The van der Waals surface area contributed by atoms with E-state index in [2.05, 4.69) is 28.3 Å². The van der Waals surface area contributed by atoms with Gasteiger partial charge in [0.2, 0.25) is 6.29 Å². The highest BCUT2D eigenvalue weighted by atomic mass is 16.7. The van der Waals surface area contributed by atoms with E-state index in [-0.39, 0.29) is 97.5 Å². The predicted molar refractivity (Wildman–Crippen MR) is 269 cm³/mol. The number of hydrogen-bond donors (Lipinski definition) is 7. The largest absolute Gasteiger partial charge is 0.493 e. The van der Waals surface area contributed by atoms with Crippen molar-refractivity contribution < 1.29 is 92.2 Å². The van der Waals surface area contributed by atoms with Crippen LogP contribution < -0.4 is 39.8 Å². The molecule has 1 unspecified atom stereocenters. The molecule has 5 aliphatic heterocycles. The number of benzene rings is 3. The molecular weight excluding hydrogens is 1010 g/mol. The highest BCUT2D eigenvalue weighted by molar-refractivity contribution is 6.06. The van der Waals surface area contributed by atoms with Crippen molar-refractivity contribution >= 4 is 47.4 Å². The fourth-order valence-corrected chi connectivity index (χ4v) is 9.51. The minimum atomic E-state index is -2.00. The highest BCUT2D eigenvalue weighted by Gasteiger charge is 2.49. The van der Waals surface area contributed by atoms with Gasteiger partial charge in [0, 0.05) is 38.0 Å². The molecule has 0 saturated carbocycles. The van der Waals surface area contributed by atoms with Crippen molar-refractivity contribution in [3.63, 3.8) is 0 Å². The van der Waals surface area contributed by atoms with Gasteiger partial charge in [-0.15, -0.1) is 0 Å². The van der Waals surface area contributed by atoms with Gasteiger partial charge in [-0.25, -0.2) is 20.4 Å². The first-order valence-electron chi connectivity index (χ1n) is 24.8. The molecule has 4 amide bonds. The second-order valence-electron chi connectivity index (χ2n) is 18.7. The van der Waals surface area contributed by atoms with Crippen LogP contribution in [0.4, 0.5) is 16.2 Å². The lowest BCUT2D eigenvalue weighted by atomic mass is 9.99. The lowest BCUT2D eigenvalue weighted by Crippen LogP contribution is -2.61. The summed E-state index contributed by atoms with van der Waals surface area (Å²) in [5.41, 5.74) is 2.47. The van der Waals surface area contributed by atoms with E-state index in [0.717, 1.165) is 10.5 Å². The van der Waals surface area contributed by atoms with Crippen molar-refractivity contribution in [1.29, 1.82) is 0 Å². The molecule has 3 aromatic rings. The number of aliphatic hydroxyl groups excluding tert-OH is 4. The molecule has 8 N–H and O–H groups in total. The lowest BCUT2D eigenvalue weighted by molar-refractivity contribution is -0.271. The first-order chi connectivity index (χ1) is 37.0. The quantitative estimate of drug-likeness (QED) is 0.0430. The van der Waals surface area contributed by atoms with Crippen LogP contribution in [-0.2, 0) is 30.4 Å². The maximum Gasteiger partial charge on any atom is 0.416 e. The number of carboxylic acid groups (broad SMARTS) is 1. The number of aliphatic imine (C=N–C) groups is 1. The van der Waals surface area contributed by atoms with Gasteiger partial charge in [-0.1, -0.05) is 30.4 Å². The second-order valence-corrected chi connectivity index (χ2v) is 18.7. The second kappa shape index (κ2) is 24.8. The Kier molecular flexibility index (Phi) is 18.0. The Hall–Kier alpha value is -7.36. The molecule has 414 valence electrons. The molecule has 77 heavy (non-hydrogen) atoms. The zero-order valence-electron chi connectivity index (χ0n) is 42.4. The van der Waals surface area contributed by atoms with Gasteiger partial charge in [-0.05, 0) is 61.9 Å². The summed E-state index contributed by atoms with van der Waals surface area (Å²) < 4.78 is 45.7. The number of fused-ring (bicyclic) bond motifs is 4. The molecule has 5 aliphatic rings. The van der Waals surface area contributed by atoms with Gasteiger partial charge < -0.3 is 83.4 Å². The molecule has 25 heteroatoms. The van der Waals surface area contributed by atoms with Gasteiger partial charge in [0.25, 0.3) is 17.7 Å². The summed E-state index contributed by atoms with van der Waals surface area (Å²) in [7, 11) is 2.90. The molecule has 0 aromatic heterocycles. The number of anilines is 1. The van der Waals surface area contributed by atoms with Crippen LogP contribution in [0.2, 0.25) is 0 Å². The number of nitrogens with two attached hydrogens (primary N) is 1. The molecule has 0 bridgehead atoms. The number of nitrogens with one attached hydrogen (secondary N) is 1. The van der Waals surface area contributed by atoms with E-state index in [4.69, 9.17) is 43.8 Å². The minimum Gasteiger partial charge on any atom is -0.493 e. The van der Waals surface area contributed by atoms with E-state index in [0.29, 0.717) is 67.2 Å². The number of ether oxygens (including phenoxy) is 8. The molecule has 8 rings (SSSR count). The Labute approximate surface area is 441 Å². The van der Waals surface area contributed by atoms with Crippen LogP contribution in [-0.4, -0.2) is 187 Å². The van der Waals surface area contributed by atoms with E-state index < -0.39 is 73.5 Å². The van der Waals surface area contributed by atoms with Crippen molar-refractivity contribution in [3.8, 4) is 28.7 Å². The molecule has 0 radical (unpaired) electrons. The smallest absolute Gasteiger partial charge is 0.416 e. The number of aliphatic carboxylic acids is 1. The van der Waals surface area contributed by atoms with Crippen molar-refractivity contribution in [1.82, 2.24) is 15.1 Å². The van der Waals surface area contributed by atoms with Gasteiger partial charge in [-0.3, -0.25) is 19.4 Å². The maximum atomic E-state index is 14.4. The SMILES string of the molecule is C=C1C[C@H]2C=Nc3cc(OCCCCCOc4cc5c(cc4OC)C(=O)N4CC(=C)C[C@H]4C(O)N5C(=O)OCc4ccc(O[C@@H]5O[C@H](C(=O)O)[C@@H](O)[C@H](O)[C@H]5O)c(C(=O)NCCOCCON)c4)c(OC)cc3C(=O)N2C1. The number of amides is 4. The van der Waals surface area contributed by atoms with Crippen LogP contribution >= 0.6 is 0 Å². The number of aliphatic hydroxyl groups is 4. The number of carbonyl (C=O) groups excluding carboxylic acids is 4. The van der Waals surface area contributed by atoms with Crippen molar-refractivity contribution in [2.75, 3.05) is 71.8 Å². The summed E-state index contributed by atoms with van der Waals surface area (Å²) in [5, 5.41) is 55.4. The number of hydrogen-bond acceptors (Lipinski definition) is 20. The van der Waals surface area contributed by atoms with Crippen LogP contribution in [0.15, 0.2) is 71.8 Å². The van der Waals surface area contributed by atoms with Crippen molar-refractivity contribution in [2.24, 2.45) is 10.9 Å². The molecule has 5 heterocycles. The number of unbranched alkanes of at least 4 members (excludes halogenated alkanes) is 2.